The monoisotopic (exact) mass is 445 g/mol. The normalized spacial score (nSPS) is 14.3. The van der Waals surface area contributed by atoms with Gasteiger partial charge in [0.2, 0.25) is 11.9 Å². The number of para-hydroxylation sites is 1. The van der Waals surface area contributed by atoms with Gasteiger partial charge in [0, 0.05) is 5.69 Å². The number of anilines is 4. The van der Waals surface area contributed by atoms with Gasteiger partial charge in [0.05, 0.1) is 24.2 Å². The Labute approximate surface area is 189 Å². The minimum atomic E-state index is -0.0551. The van der Waals surface area contributed by atoms with Gasteiger partial charge >= 0.3 is 0 Å². The molecule has 0 spiro atoms. The number of hydrogen-bond acceptors (Lipinski definition) is 9. The van der Waals surface area contributed by atoms with Gasteiger partial charge < -0.3 is 10.1 Å². The number of nitrogens with one attached hydrogen (secondary N) is 2. The number of amides is 1. The van der Waals surface area contributed by atoms with Crippen LogP contribution in [0.15, 0.2) is 59.7 Å². The third-order valence-corrected chi connectivity index (χ3v) is 5.51. The minimum Gasteiger partial charge on any atom is -0.497 e. The van der Waals surface area contributed by atoms with Crippen molar-refractivity contribution in [2.24, 2.45) is 5.10 Å². The van der Waals surface area contributed by atoms with Crippen LogP contribution in [0.1, 0.15) is 11.3 Å². The molecule has 1 aliphatic rings. The number of nitriles is 1. The smallest absolute Gasteiger partial charge is 0.245 e. The van der Waals surface area contributed by atoms with Gasteiger partial charge in [0.1, 0.15) is 17.4 Å². The maximum Gasteiger partial charge on any atom is 0.245 e. The summed E-state index contributed by atoms with van der Waals surface area (Å²) in [6.07, 6.45) is 0. The number of thioether (sulfide) groups is 1. The zero-order chi connectivity index (χ0) is 22.5. The van der Waals surface area contributed by atoms with E-state index in [1.807, 2.05) is 42.5 Å². The molecule has 0 atom stereocenters. The molecule has 2 N–H and O–H groups in total. The average Bonchev–Trinajstić information content (AvgIpc) is 3.19. The van der Waals surface area contributed by atoms with E-state index in [1.54, 1.807) is 31.1 Å². The van der Waals surface area contributed by atoms with Crippen molar-refractivity contribution in [2.45, 2.75) is 6.92 Å². The fraction of sp³-hybridized carbons (Fsp3) is 0.136. The fourth-order valence-corrected chi connectivity index (χ4v) is 3.86. The van der Waals surface area contributed by atoms with Crippen molar-refractivity contribution in [3.05, 3.63) is 65.9 Å². The molecule has 0 saturated carbocycles. The van der Waals surface area contributed by atoms with Crippen molar-refractivity contribution in [3.8, 4) is 11.8 Å². The lowest BCUT2D eigenvalue weighted by molar-refractivity contribution is -0.115. The molecule has 3 aromatic rings. The summed E-state index contributed by atoms with van der Waals surface area (Å²) in [7, 11) is 1.60. The highest BCUT2D eigenvalue weighted by atomic mass is 32.2. The average molecular weight is 446 g/mol. The van der Waals surface area contributed by atoms with E-state index in [4.69, 9.17) is 4.74 Å². The number of hydrazone groups is 1. The summed E-state index contributed by atoms with van der Waals surface area (Å²) in [5.41, 5.74) is 5.13. The van der Waals surface area contributed by atoms with Crippen LogP contribution in [0.4, 0.5) is 23.1 Å². The number of ether oxygens (including phenoxy) is 1. The number of hydrogen-bond donors (Lipinski definition) is 2. The molecule has 1 fully saturated rings. The summed E-state index contributed by atoms with van der Waals surface area (Å²) in [6, 6.07) is 18.7. The maximum atomic E-state index is 12.3. The van der Waals surface area contributed by atoms with Crippen molar-refractivity contribution in [2.75, 3.05) is 28.5 Å². The van der Waals surface area contributed by atoms with Gasteiger partial charge in [-0.2, -0.15) is 10.2 Å². The van der Waals surface area contributed by atoms with E-state index in [9.17, 15) is 10.1 Å². The van der Waals surface area contributed by atoms with Gasteiger partial charge in [-0.05, 0) is 43.3 Å². The molecule has 1 amide bonds. The van der Waals surface area contributed by atoms with E-state index in [0.717, 1.165) is 17.1 Å². The van der Waals surface area contributed by atoms with Gasteiger partial charge in [0.25, 0.3) is 0 Å². The lowest BCUT2D eigenvalue weighted by Gasteiger charge is -2.16. The lowest BCUT2D eigenvalue weighted by Crippen LogP contribution is -2.29. The second kappa shape index (κ2) is 9.36. The highest BCUT2D eigenvalue weighted by molar-refractivity contribution is 8.15. The summed E-state index contributed by atoms with van der Waals surface area (Å²) in [6.45, 7) is 1.72. The quantitative estimate of drug-likeness (QED) is 0.550. The maximum absolute atomic E-state index is 12.3. The zero-order valence-electron chi connectivity index (χ0n) is 17.4. The third-order valence-electron chi connectivity index (χ3n) is 4.59. The molecule has 160 valence electrons. The van der Waals surface area contributed by atoms with E-state index in [-0.39, 0.29) is 11.9 Å². The number of nitrogens with zero attached hydrogens (tertiary/aromatic N) is 5. The molecule has 10 heteroatoms. The Morgan fingerprint density at radius 1 is 1.16 bits per heavy atom. The molecule has 4 rings (SSSR count). The van der Waals surface area contributed by atoms with Crippen molar-refractivity contribution in [1.82, 2.24) is 9.97 Å². The Kier molecular flexibility index (Phi) is 6.19. The van der Waals surface area contributed by atoms with Crippen LogP contribution in [0.2, 0.25) is 0 Å². The number of carbonyl (C=O) groups is 1. The van der Waals surface area contributed by atoms with Crippen LogP contribution in [0, 0.1) is 18.3 Å². The number of methoxy groups -OCH3 is 1. The van der Waals surface area contributed by atoms with Crippen LogP contribution in [-0.4, -0.2) is 33.9 Å². The molecule has 0 unspecified atom stereocenters. The van der Waals surface area contributed by atoms with Gasteiger partial charge in [-0.15, -0.1) is 5.10 Å². The molecule has 2 aromatic carbocycles. The summed E-state index contributed by atoms with van der Waals surface area (Å²) >= 11 is 1.32. The molecular weight excluding hydrogens is 426 g/mol. The van der Waals surface area contributed by atoms with Crippen LogP contribution in [0.3, 0.4) is 0 Å². The van der Waals surface area contributed by atoms with Crippen LogP contribution < -0.4 is 20.4 Å². The number of aromatic nitrogens is 2. The number of carbonyl (C=O) groups excluding carboxylic acids is 1. The second-order valence-electron chi connectivity index (χ2n) is 6.68. The molecule has 0 aliphatic carbocycles. The first-order valence-corrected chi connectivity index (χ1v) is 10.6. The zero-order valence-corrected chi connectivity index (χ0v) is 18.2. The molecule has 1 saturated heterocycles. The van der Waals surface area contributed by atoms with Crippen LogP contribution >= 0.6 is 11.8 Å². The van der Waals surface area contributed by atoms with Gasteiger partial charge in [-0.3, -0.25) is 9.69 Å². The predicted molar refractivity (Wildman–Crippen MR) is 125 cm³/mol. The molecule has 0 bridgehead atoms. The van der Waals surface area contributed by atoms with E-state index in [0.29, 0.717) is 28.0 Å². The Hall–Kier alpha value is -4.10. The van der Waals surface area contributed by atoms with E-state index in [2.05, 4.69) is 31.9 Å². The van der Waals surface area contributed by atoms with Crippen molar-refractivity contribution < 1.29 is 9.53 Å². The van der Waals surface area contributed by atoms with Crippen molar-refractivity contribution >= 4 is 46.0 Å². The Morgan fingerprint density at radius 2 is 1.91 bits per heavy atom. The van der Waals surface area contributed by atoms with Gasteiger partial charge in [-0.1, -0.05) is 30.0 Å². The molecular formula is C22H19N7O2S. The Bertz CT molecular complexity index is 1210. The molecule has 1 aromatic heterocycles. The predicted octanol–water partition coefficient (Wildman–Crippen LogP) is 3.87. The van der Waals surface area contributed by atoms with Crippen molar-refractivity contribution in [1.29, 1.82) is 5.26 Å². The standard InChI is InChI=1S/C22H19N7O2S/c1-14-18(12-23)20(25-15-8-10-17(31-2)11-9-15)26-21(24-14)27-28-22-29(19(30)13-32-22)16-6-4-3-5-7-16/h3-11H,13H2,1-2H3,(H2,24,25,26,27). The third kappa shape index (κ3) is 4.48. The summed E-state index contributed by atoms with van der Waals surface area (Å²) in [4.78, 5) is 22.6. The van der Waals surface area contributed by atoms with E-state index < -0.39 is 0 Å². The van der Waals surface area contributed by atoms with Crippen LogP contribution in [0.5, 0.6) is 5.75 Å². The lowest BCUT2D eigenvalue weighted by atomic mass is 10.2. The summed E-state index contributed by atoms with van der Waals surface area (Å²) in [5.74, 6) is 1.52. The highest BCUT2D eigenvalue weighted by Crippen LogP contribution is 2.27. The first-order chi connectivity index (χ1) is 15.6. The van der Waals surface area contributed by atoms with E-state index in [1.165, 1.54) is 11.8 Å². The van der Waals surface area contributed by atoms with Gasteiger partial charge in [0.15, 0.2) is 11.0 Å². The largest absolute Gasteiger partial charge is 0.497 e. The number of rotatable bonds is 6. The molecule has 1 aliphatic heterocycles. The van der Waals surface area contributed by atoms with Crippen molar-refractivity contribution in [3.63, 3.8) is 0 Å². The Morgan fingerprint density at radius 3 is 2.59 bits per heavy atom. The number of amidine groups is 1. The molecule has 32 heavy (non-hydrogen) atoms. The highest BCUT2D eigenvalue weighted by Gasteiger charge is 2.29. The van der Waals surface area contributed by atoms with Crippen LogP contribution in [0.25, 0.3) is 0 Å². The number of benzene rings is 2. The first kappa shape index (κ1) is 21.1. The fourth-order valence-electron chi connectivity index (χ4n) is 3.03. The SMILES string of the molecule is COc1ccc(Nc2nc(NN=C3SCC(=O)N3c3ccccc3)nc(C)c2C#N)cc1. The summed E-state index contributed by atoms with van der Waals surface area (Å²) in [5, 5.41) is 17.5. The topological polar surface area (TPSA) is 116 Å². The van der Waals surface area contributed by atoms with Gasteiger partial charge in [-0.25, -0.2) is 10.4 Å². The number of aryl methyl sites for hydroxylation is 1. The Balaban J connectivity index is 1.60. The second-order valence-corrected chi connectivity index (χ2v) is 7.62. The molecule has 0 radical (unpaired) electrons. The first-order valence-electron chi connectivity index (χ1n) is 9.63. The molecule has 2 heterocycles. The molecule has 9 nitrogen and oxygen atoms in total. The summed E-state index contributed by atoms with van der Waals surface area (Å²) < 4.78 is 5.17. The van der Waals surface area contributed by atoms with E-state index >= 15 is 0 Å². The minimum absolute atomic E-state index is 0.0551. The van der Waals surface area contributed by atoms with Crippen LogP contribution in [-0.2, 0) is 4.79 Å².